The Hall–Kier alpha value is -0.0800. The molecule has 0 aromatic carbocycles. The standard InChI is InChI=1S/C16H31NO/c1-3-17-16(12-14-8-10-18-11-9-14)15-6-4-13(2)5-7-15/h13-17H,3-12H2,1-2H3. The fraction of sp³-hybridized carbons (Fsp3) is 1.00. The topological polar surface area (TPSA) is 21.3 Å². The average Bonchev–Trinajstić information content (AvgIpc) is 2.40. The lowest BCUT2D eigenvalue weighted by Crippen LogP contribution is -2.40. The Morgan fingerprint density at radius 2 is 1.72 bits per heavy atom. The van der Waals surface area contributed by atoms with Gasteiger partial charge < -0.3 is 10.1 Å². The van der Waals surface area contributed by atoms with E-state index in [-0.39, 0.29) is 0 Å². The molecule has 1 saturated carbocycles. The van der Waals surface area contributed by atoms with Crippen molar-refractivity contribution in [3.63, 3.8) is 0 Å². The Morgan fingerprint density at radius 1 is 1.06 bits per heavy atom. The molecule has 0 spiro atoms. The molecule has 1 aliphatic heterocycles. The second-order valence-electron chi connectivity index (χ2n) is 6.48. The zero-order chi connectivity index (χ0) is 12.8. The first-order valence-corrected chi connectivity index (χ1v) is 8.10. The highest BCUT2D eigenvalue weighted by atomic mass is 16.5. The van der Waals surface area contributed by atoms with Crippen molar-refractivity contribution >= 4 is 0 Å². The third-order valence-electron chi connectivity index (χ3n) is 5.02. The zero-order valence-electron chi connectivity index (χ0n) is 12.3. The van der Waals surface area contributed by atoms with Gasteiger partial charge in [-0.2, -0.15) is 0 Å². The van der Waals surface area contributed by atoms with Crippen molar-refractivity contribution in [1.29, 1.82) is 0 Å². The smallest absolute Gasteiger partial charge is 0.0468 e. The normalized spacial score (nSPS) is 32.3. The third kappa shape index (κ3) is 4.24. The van der Waals surface area contributed by atoms with E-state index in [0.29, 0.717) is 0 Å². The van der Waals surface area contributed by atoms with Crippen LogP contribution in [0.15, 0.2) is 0 Å². The second kappa shape index (κ2) is 7.49. The lowest BCUT2D eigenvalue weighted by Gasteiger charge is -2.36. The van der Waals surface area contributed by atoms with E-state index in [4.69, 9.17) is 4.74 Å². The minimum absolute atomic E-state index is 0.769. The van der Waals surface area contributed by atoms with Crippen LogP contribution in [0.4, 0.5) is 0 Å². The first-order valence-electron chi connectivity index (χ1n) is 8.10. The first-order chi connectivity index (χ1) is 8.79. The molecule has 18 heavy (non-hydrogen) atoms. The summed E-state index contributed by atoms with van der Waals surface area (Å²) in [4.78, 5) is 0. The van der Waals surface area contributed by atoms with Crippen molar-refractivity contribution in [2.45, 2.75) is 64.8 Å². The van der Waals surface area contributed by atoms with Crippen LogP contribution in [0.25, 0.3) is 0 Å². The molecular formula is C16H31NO. The molecule has 1 atom stereocenters. The lowest BCUT2D eigenvalue weighted by atomic mass is 9.76. The molecule has 0 bridgehead atoms. The largest absolute Gasteiger partial charge is 0.381 e. The molecule has 0 aromatic heterocycles. The molecule has 0 aromatic rings. The third-order valence-corrected chi connectivity index (χ3v) is 5.02. The highest BCUT2D eigenvalue weighted by Gasteiger charge is 2.28. The van der Waals surface area contributed by atoms with Gasteiger partial charge in [0.2, 0.25) is 0 Å². The summed E-state index contributed by atoms with van der Waals surface area (Å²) in [5.41, 5.74) is 0. The van der Waals surface area contributed by atoms with E-state index in [1.54, 1.807) is 0 Å². The van der Waals surface area contributed by atoms with Crippen LogP contribution in [0.3, 0.4) is 0 Å². The maximum absolute atomic E-state index is 5.48. The maximum Gasteiger partial charge on any atom is 0.0468 e. The molecule has 2 heteroatoms. The Morgan fingerprint density at radius 3 is 2.33 bits per heavy atom. The van der Waals surface area contributed by atoms with Crippen LogP contribution in [0.1, 0.15) is 58.8 Å². The molecule has 1 saturated heterocycles. The van der Waals surface area contributed by atoms with E-state index in [2.05, 4.69) is 19.2 Å². The van der Waals surface area contributed by atoms with Crippen LogP contribution >= 0.6 is 0 Å². The van der Waals surface area contributed by atoms with Gasteiger partial charge in [0.1, 0.15) is 0 Å². The Kier molecular flexibility index (Phi) is 5.97. The number of hydrogen-bond donors (Lipinski definition) is 1. The maximum atomic E-state index is 5.48. The summed E-state index contributed by atoms with van der Waals surface area (Å²) in [7, 11) is 0. The van der Waals surface area contributed by atoms with Crippen molar-refractivity contribution in [3.05, 3.63) is 0 Å². The summed E-state index contributed by atoms with van der Waals surface area (Å²) >= 11 is 0. The zero-order valence-corrected chi connectivity index (χ0v) is 12.3. The Labute approximate surface area is 113 Å². The minimum atomic E-state index is 0.769. The van der Waals surface area contributed by atoms with Crippen LogP contribution in [-0.4, -0.2) is 25.8 Å². The van der Waals surface area contributed by atoms with Crippen LogP contribution in [0, 0.1) is 17.8 Å². The molecule has 0 amide bonds. The quantitative estimate of drug-likeness (QED) is 0.808. The van der Waals surface area contributed by atoms with E-state index in [1.807, 2.05) is 0 Å². The van der Waals surface area contributed by atoms with Gasteiger partial charge in [0, 0.05) is 19.3 Å². The SMILES string of the molecule is CCNC(CC1CCOCC1)C1CCC(C)CC1. The monoisotopic (exact) mass is 253 g/mol. The molecule has 1 unspecified atom stereocenters. The Balaban J connectivity index is 1.82. The number of nitrogens with one attached hydrogen (secondary N) is 1. The molecule has 1 heterocycles. The van der Waals surface area contributed by atoms with Crippen LogP contribution in [0.2, 0.25) is 0 Å². The van der Waals surface area contributed by atoms with E-state index < -0.39 is 0 Å². The fourth-order valence-electron chi connectivity index (χ4n) is 3.73. The molecule has 2 nitrogen and oxygen atoms in total. The molecule has 106 valence electrons. The molecule has 2 rings (SSSR count). The molecular weight excluding hydrogens is 222 g/mol. The second-order valence-corrected chi connectivity index (χ2v) is 6.48. The van der Waals surface area contributed by atoms with Gasteiger partial charge >= 0.3 is 0 Å². The summed E-state index contributed by atoms with van der Waals surface area (Å²) in [5.74, 6) is 2.80. The Bertz CT molecular complexity index is 217. The van der Waals surface area contributed by atoms with Crippen LogP contribution in [-0.2, 0) is 4.74 Å². The highest BCUT2D eigenvalue weighted by molar-refractivity contribution is 4.83. The number of rotatable bonds is 5. The predicted octanol–water partition coefficient (Wildman–Crippen LogP) is 3.61. The lowest BCUT2D eigenvalue weighted by molar-refractivity contribution is 0.0559. The van der Waals surface area contributed by atoms with Crippen molar-refractivity contribution in [2.75, 3.05) is 19.8 Å². The average molecular weight is 253 g/mol. The van der Waals surface area contributed by atoms with Crippen molar-refractivity contribution < 1.29 is 4.74 Å². The van der Waals surface area contributed by atoms with Gasteiger partial charge in [-0.25, -0.2) is 0 Å². The summed E-state index contributed by atoms with van der Waals surface area (Å²) in [6.45, 7) is 7.77. The first kappa shape index (κ1) is 14.3. The molecule has 1 N–H and O–H groups in total. The van der Waals surface area contributed by atoms with E-state index in [0.717, 1.165) is 43.6 Å². The van der Waals surface area contributed by atoms with E-state index in [9.17, 15) is 0 Å². The molecule has 2 fully saturated rings. The van der Waals surface area contributed by atoms with E-state index in [1.165, 1.54) is 44.9 Å². The van der Waals surface area contributed by atoms with E-state index >= 15 is 0 Å². The molecule has 2 aliphatic rings. The van der Waals surface area contributed by atoms with Crippen LogP contribution in [0.5, 0.6) is 0 Å². The van der Waals surface area contributed by atoms with Gasteiger partial charge in [-0.05, 0) is 56.4 Å². The van der Waals surface area contributed by atoms with Crippen molar-refractivity contribution in [3.8, 4) is 0 Å². The molecule has 0 radical (unpaired) electrons. The van der Waals surface area contributed by atoms with Gasteiger partial charge in [-0.15, -0.1) is 0 Å². The molecule has 1 aliphatic carbocycles. The number of hydrogen-bond acceptors (Lipinski definition) is 2. The van der Waals surface area contributed by atoms with Gasteiger partial charge in [0.15, 0.2) is 0 Å². The highest BCUT2D eigenvalue weighted by Crippen LogP contribution is 2.33. The summed E-state index contributed by atoms with van der Waals surface area (Å²) < 4.78 is 5.48. The van der Waals surface area contributed by atoms with Gasteiger partial charge in [-0.3, -0.25) is 0 Å². The van der Waals surface area contributed by atoms with Crippen molar-refractivity contribution in [2.24, 2.45) is 17.8 Å². The fourth-order valence-corrected chi connectivity index (χ4v) is 3.73. The predicted molar refractivity (Wildman–Crippen MR) is 76.7 cm³/mol. The van der Waals surface area contributed by atoms with Gasteiger partial charge in [0.25, 0.3) is 0 Å². The van der Waals surface area contributed by atoms with Crippen molar-refractivity contribution in [1.82, 2.24) is 5.32 Å². The van der Waals surface area contributed by atoms with Gasteiger partial charge in [-0.1, -0.05) is 26.7 Å². The summed E-state index contributed by atoms with van der Waals surface area (Å²) in [6.07, 6.45) is 9.73. The van der Waals surface area contributed by atoms with Crippen LogP contribution < -0.4 is 5.32 Å². The minimum Gasteiger partial charge on any atom is -0.381 e. The van der Waals surface area contributed by atoms with Gasteiger partial charge in [0.05, 0.1) is 0 Å². The summed E-state index contributed by atoms with van der Waals surface area (Å²) in [6, 6.07) is 0.769. The number of ether oxygens (including phenoxy) is 1. The summed E-state index contributed by atoms with van der Waals surface area (Å²) in [5, 5.41) is 3.77.